The molecule has 1 fully saturated rings. The van der Waals surface area contributed by atoms with E-state index in [2.05, 4.69) is 10.4 Å². The van der Waals surface area contributed by atoms with Gasteiger partial charge in [-0.2, -0.15) is 5.10 Å². The molecular formula is C10H17N5O. The van der Waals surface area contributed by atoms with E-state index in [0.717, 1.165) is 13.1 Å². The van der Waals surface area contributed by atoms with Gasteiger partial charge < -0.3 is 16.0 Å². The Morgan fingerprint density at radius 1 is 1.75 bits per heavy atom. The topological polar surface area (TPSA) is 76.2 Å². The Hall–Kier alpha value is -1.40. The summed E-state index contributed by atoms with van der Waals surface area (Å²) < 4.78 is 1.60. The van der Waals surface area contributed by atoms with Crippen molar-refractivity contribution in [2.45, 2.75) is 6.04 Å². The molecule has 16 heavy (non-hydrogen) atoms. The van der Waals surface area contributed by atoms with Crippen LogP contribution in [0.2, 0.25) is 0 Å². The molecule has 0 aromatic carbocycles. The van der Waals surface area contributed by atoms with Crippen LogP contribution in [0.3, 0.4) is 0 Å². The van der Waals surface area contributed by atoms with Gasteiger partial charge >= 0.3 is 0 Å². The number of aromatic nitrogens is 2. The first-order valence-electron chi connectivity index (χ1n) is 5.44. The molecule has 1 atom stereocenters. The number of nitrogens with two attached hydrogens (primary N) is 1. The Morgan fingerprint density at radius 2 is 2.56 bits per heavy atom. The SMILES string of the molecule is Cn1nccc1C(=O)N1CCNCC1CN. The van der Waals surface area contributed by atoms with Crippen LogP contribution in [0.5, 0.6) is 0 Å². The first kappa shape index (κ1) is 11.1. The summed E-state index contributed by atoms with van der Waals surface area (Å²) in [4.78, 5) is 14.1. The number of carbonyl (C=O) groups excluding carboxylic acids is 1. The summed E-state index contributed by atoms with van der Waals surface area (Å²) in [5.41, 5.74) is 6.28. The van der Waals surface area contributed by atoms with Crippen molar-refractivity contribution in [1.82, 2.24) is 20.0 Å². The minimum Gasteiger partial charge on any atom is -0.331 e. The minimum absolute atomic E-state index is 0.0111. The molecule has 88 valence electrons. The summed E-state index contributed by atoms with van der Waals surface area (Å²) in [6.45, 7) is 2.77. The van der Waals surface area contributed by atoms with Crippen LogP contribution in [0.25, 0.3) is 0 Å². The zero-order valence-electron chi connectivity index (χ0n) is 9.39. The highest BCUT2D eigenvalue weighted by atomic mass is 16.2. The predicted molar refractivity (Wildman–Crippen MR) is 60.0 cm³/mol. The standard InChI is InChI=1S/C10H17N5O/c1-14-9(2-3-13-14)10(16)15-5-4-12-7-8(15)6-11/h2-3,8,12H,4-7,11H2,1H3. The number of hydrogen-bond acceptors (Lipinski definition) is 4. The molecule has 2 rings (SSSR count). The molecule has 0 radical (unpaired) electrons. The molecular weight excluding hydrogens is 206 g/mol. The molecule has 1 aromatic rings. The Morgan fingerprint density at radius 3 is 3.19 bits per heavy atom. The summed E-state index contributed by atoms with van der Waals surface area (Å²) in [5, 5.41) is 7.24. The van der Waals surface area contributed by atoms with Gasteiger partial charge in [0.15, 0.2) is 0 Å². The molecule has 0 spiro atoms. The Balaban J connectivity index is 2.17. The zero-order valence-corrected chi connectivity index (χ0v) is 9.39. The Bertz CT molecular complexity index is 375. The molecule has 0 bridgehead atoms. The quantitative estimate of drug-likeness (QED) is 0.660. The fourth-order valence-corrected chi connectivity index (χ4v) is 1.97. The first-order chi connectivity index (χ1) is 7.74. The summed E-state index contributed by atoms with van der Waals surface area (Å²) in [6.07, 6.45) is 1.63. The van der Waals surface area contributed by atoms with Gasteiger partial charge in [0.2, 0.25) is 0 Å². The monoisotopic (exact) mass is 223 g/mol. The van der Waals surface area contributed by atoms with Gasteiger partial charge in [0.1, 0.15) is 5.69 Å². The lowest BCUT2D eigenvalue weighted by Crippen LogP contribution is -2.56. The summed E-state index contributed by atoms with van der Waals surface area (Å²) in [6, 6.07) is 1.81. The molecule has 2 heterocycles. The van der Waals surface area contributed by atoms with Crippen LogP contribution in [0, 0.1) is 0 Å². The number of piperazine rings is 1. The van der Waals surface area contributed by atoms with E-state index in [1.165, 1.54) is 0 Å². The Labute approximate surface area is 94.4 Å². The molecule has 3 N–H and O–H groups in total. The number of rotatable bonds is 2. The van der Waals surface area contributed by atoms with Gasteiger partial charge in [-0.3, -0.25) is 9.48 Å². The number of amides is 1. The van der Waals surface area contributed by atoms with Gasteiger partial charge in [-0.25, -0.2) is 0 Å². The highest BCUT2D eigenvalue weighted by Crippen LogP contribution is 2.09. The van der Waals surface area contributed by atoms with Crippen LogP contribution in [0.15, 0.2) is 12.3 Å². The van der Waals surface area contributed by atoms with E-state index in [0.29, 0.717) is 18.8 Å². The molecule has 6 nitrogen and oxygen atoms in total. The van der Waals surface area contributed by atoms with E-state index in [9.17, 15) is 4.79 Å². The second-order valence-corrected chi connectivity index (χ2v) is 3.93. The van der Waals surface area contributed by atoms with E-state index in [1.54, 1.807) is 24.0 Å². The van der Waals surface area contributed by atoms with Gasteiger partial charge in [-0.05, 0) is 6.07 Å². The van der Waals surface area contributed by atoms with Crippen molar-refractivity contribution in [3.63, 3.8) is 0 Å². The van der Waals surface area contributed by atoms with Crippen LogP contribution < -0.4 is 11.1 Å². The first-order valence-corrected chi connectivity index (χ1v) is 5.44. The molecule has 6 heteroatoms. The molecule has 1 aromatic heterocycles. The third kappa shape index (κ3) is 1.94. The van der Waals surface area contributed by atoms with Gasteiger partial charge in [0, 0.05) is 39.4 Å². The fraction of sp³-hybridized carbons (Fsp3) is 0.600. The second-order valence-electron chi connectivity index (χ2n) is 3.93. The number of aryl methyl sites for hydroxylation is 1. The van der Waals surface area contributed by atoms with Crippen LogP contribution in [0.1, 0.15) is 10.5 Å². The zero-order chi connectivity index (χ0) is 11.5. The van der Waals surface area contributed by atoms with Crippen LogP contribution in [-0.4, -0.2) is 52.8 Å². The van der Waals surface area contributed by atoms with Gasteiger partial charge in [0.05, 0.1) is 6.04 Å². The summed E-state index contributed by atoms with van der Waals surface area (Å²) >= 11 is 0. The molecule has 1 aliphatic heterocycles. The van der Waals surface area contributed by atoms with Crippen LogP contribution in [0.4, 0.5) is 0 Å². The maximum absolute atomic E-state index is 12.2. The second kappa shape index (κ2) is 4.63. The van der Waals surface area contributed by atoms with E-state index in [4.69, 9.17) is 5.73 Å². The lowest BCUT2D eigenvalue weighted by atomic mass is 10.1. The summed E-state index contributed by atoms with van der Waals surface area (Å²) in [7, 11) is 1.77. The van der Waals surface area contributed by atoms with Crippen molar-refractivity contribution >= 4 is 5.91 Å². The van der Waals surface area contributed by atoms with Gasteiger partial charge in [-0.15, -0.1) is 0 Å². The normalized spacial score (nSPS) is 21.1. The van der Waals surface area contributed by atoms with Crippen molar-refractivity contribution in [2.75, 3.05) is 26.2 Å². The van der Waals surface area contributed by atoms with Crippen molar-refractivity contribution < 1.29 is 4.79 Å². The van der Waals surface area contributed by atoms with Gasteiger partial charge in [0.25, 0.3) is 5.91 Å². The third-order valence-electron chi connectivity index (χ3n) is 2.92. The minimum atomic E-state index is 0.0111. The van der Waals surface area contributed by atoms with E-state index < -0.39 is 0 Å². The largest absolute Gasteiger partial charge is 0.331 e. The number of nitrogens with zero attached hydrogens (tertiary/aromatic N) is 3. The average Bonchev–Trinajstić information content (AvgIpc) is 2.74. The molecule has 0 saturated carbocycles. The van der Waals surface area contributed by atoms with E-state index >= 15 is 0 Å². The smallest absolute Gasteiger partial charge is 0.272 e. The maximum atomic E-state index is 12.2. The lowest BCUT2D eigenvalue weighted by Gasteiger charge is -2.35. The molecule has 0 aliphatic carbocycles. The van der Waals surface area contributed by atoms with Crippen molar-refractivity contribution in [2.24, 2.45) is 12.8 Å². The lowest BCUT2D eigenvalue weighted by molar-refractivity contribution is 0.0633. The van der Waals surface area contributed by atoms with Crippen molar-refractivity contribution in [3.05, 3.63) is 18.0 Å². The fourth-order valence-electron chi connectivity index (χ4n) is 1.97. The van der Waals surface area contributed by atoms with E-state index in [-0.39, 0.29) is 11.9 Å². The number of hydrogen-bond donors (Lipinski definition) is 2. The Kier molecular flexibility index (Phi) is 3.21. The highest BCUT2D eigenvalue weighted by molar-refractivity contribution is 5.92. The average molecular weight is 223 g/mol. The van der Waals surface area contributed by atoms with Crippen molar-refractivity contribution in [1.29, 1.82) is 0 Å². The molecule has 1 aliphatic rings. The maximum Gasteiger partial charge on any atom is 0.272 e. The molecule has 1 amide bonds. The van der Waals surface area contributed by atoms with Crippen LogP contribution >= 0.6 is 0 Å². The number of nitrogens with one attached hydrogen (secondary N) is 1. The third-order valence-corrected chi connectivity index (χ3v) is 2.92. The highest BCUT2D eigenvalue weighted by Gasteiger charge is 2.27. The molecule has 1 saturated heterocycles. The van der Waals surface area contributed by atoms with E-state index in [1.807, 2.05) is 4.90 Å². The predicted octanol–water partition coefficient (Wildman–Crippen LogP) is -1.21. The summed E-state index contributed by atoms with van der Waals surface area (Å²) in [5.74, 6) is 0.0111. The number of carbonyl (C=O) groups is 1. The van der Waals surface area contributed by atoms with Crippen molar-refractivity contribution in [3.8, 4) is 0 Å². The van der Waals surface area contributed by atoms with Crippen LogP contribution in [-0.2, 0) is 7.05 Å². The van der Waals surface area contributed by atoms with Gasteiger partial charge in [-0.1, -0.05) is 0 Å². The molecule has 1 unspecified atom stereocenters.